The molecule has 0 atom stereocenters. The van der Waals surface area contributed by atoms with E-state index >= 15 is 0 Å². The van der Waals surface area contributed by atoms with E-state index in [0.29, 0.717) is 66.9 Å². The third-order valence-electron chi connectivity index (χ3n) is 5.46. The van der Waals surface area contributed by atoms with Gasteiger partial charge >= 0.3 is 6.03 Å². The average molecular weight is 471 g/mol. The van der Waals surface area contributed by atoms with E-state index in [1.807, 2.05) is 0 Å². The van der Waals surface area contributed by atoms with Crippen molar-refractivity contribution in [2.24, 2.45) is 0 Å². The molecule has 1 aliphatic heterocycles. The zero-order chi connectivity index (χ0) is 23.2. The summed E-state index contributed by atoms with van der Waals surface area (Å²) in [6.07, 6.45) is 2.71. The highest BCUT2D eigenvalue weighted by Crippen LogP contribution is 2.24. The highest BCUT2D eigenvalue weighted by molar-refractivity contribution is 6.30. The first-order chi connectivity index (χ1) is 16.0. The molecule has 0 unspecified atom stereocenters. The number of nitrogens with one attached hydrogen (secondary N) is 1. The lowest BCUT2D eigenvalue weighted by Gasteiger charge is -2.22. The molecule has 1 N–H and O–H groups in total. The predicted octanol–water partition coefficient (Wildman–Crippen LogP) is 4.83. The number of nitrogens with zero attached hydrogens (tertiary/aromatic N) is 3. The third kappa shape index (κ3) is 5.90. The summed E-state index contributed by atoms with van der Waals surface area (Å²) in [5, 5.41) is 3.39. The lowest BCUT2D eigenvalue weighted by atomic mass is 10.2. The van der Waals surface area contributed by atoms with E-state index < -0.39 is 0 Å². The van der Waals surface area contributed by atoms with Gasteiger partial charge in [0.25, 0.3) is 0 Å². The van der Waals surface area contributed by atoms with E-state index in [2.05, 4.69) is 10.3 Å². The van der Waals surface area contributed by atoms with Crippen LogP contribution in [0.3, 0.4) is 0 Å². The molecule has 172 valence electrons. The minimum atomic E-state index is -0.384. The Balaban J connectivity index is 1.27. The first kappa shape index (κ1) is 22.8. The SMILES string of the molecule is O=C(CCc1ncc(-c2ccccc2F)o1)N1CCCN(C(=O)Nc2cccc(Cl)c2)CC1. The Kier molecular flexibility index (Phi) is 7.24. The molecule has 0 bridgehead atoms. The van der Waals surface area contributed by atoms with Gasteiger partial charge in [-0.25, -0.2) is 14.2 Å². The number of aromatic nitrogens is 1. The number of hydrogen-bond acceptors (Lipinski definition) is 4. The number of carbonyl (C=O) groups excluding carboxylic acids is 2. The smallest absolute Gasteiger partial charge is 0.321 e. The predicted molar refractivity (Wildman–Crippen MR) is 123 cm³/mol. The van der Waals surface area contributed by atoms with Gasteiger partial charge in [0.1, 0.15) is 5.82 Å². The summed E-state index contributed by atoms with van der Waals surface area (Å²) in [5.41, 5.74) is 0.969. The van der Waals surface area contributed by atoms with Crippen LogP contribution in [0.5, 0.6) is 0 Å². The number of halogens is 2. The fraction of sp³-hybridized carbons (Fsp3) is 0.292. The van der Waals surface area contributed by atoms with Gasteiger partial charge in [0.15, 0.2) is 11.7 Å². The number of amides is 3. The first-order valence-electron chi connectivity index (χ1n) is 10.8. The fourth-order valence-electron chi connectivity index (χ4n) is 3.72. The molecule has 1 aromatic heterocycles. The van der Waals surface area contributed by atoms with Crippen molar-refractivity contribution < 1.29 is 18.4 Å². The van der Waals surface area contributed by atoms with Crippen molar-refractivity contribution >= 4 is 29.2 Å². The van der Waals surface area contributed by atoms with Gasteiger partial charge in [-0.1, -0.05) is 29.8 Å². The van der Waals surface area contributed by atoms with Crippen LogP contribution in [0.15, 0.2) is 59.1 Å². The van der Waals surface area contributed by atoms with Gasteiger partial charge in [0, 0.05) is 49.7 Å². The van der Waals surface area contributed by atoms with Crippen LogP contribution >= 0.6 is 11.6 Å². The maximum Gasteiger partial charge on any atom is 0.321 e. The standard InChI is InChI=1S/C24H24ClFN4O3/c25-17-5-3-6-18(15-17)28-24(32)30-12-4-11-29(13-14-30)23(31)10-9-22-27-16-21(33-22)19-7-1-2-8-20(19)26/h1-3,5-8,15-16H,4,9-14H2,(H,28,32). The minimum Gasteiger partial charge on any atom is -0.441 e. The average Bonchev–Trinajstić information content (AvgIpc) is 3.12. The van der Waals surface area contributed by atoms with Gasteiger partial charge < -0.3 is 19.5 Å². The quantitative estimate of drug-likeness (QED) is 0.579. The largest absolute Gasteiger partial charge is 0.441 e. The first-order valence-corrected chi connectivity index (χ1v) is 11.2. The second-order valence-electron chi connectivity index (χ2n) is 7.76. The van der Waals surface area contributed by atoms with Gasteiger partial charge in [0.05, 0.1) is 11.8 Å². The van der Waals surface area contributed by atoms with E-state index in [4.69, 9.17) is 16.0 Å². The van der Waals surface area contributed by atoms with Gasteiger partial charge in [-0.15, -0.1) is 0 Å². The molecule has 9 heteroatoms. The molecule has 1 fully saturated rings. The molecular formula is C24H24ClFN4O3. The zero-order valence-electron chi connectivity index (χ0n) is 18.0. The van der Waals surface area contributed by atoms with E-state index in [-0.39, 0.29) is 24.2 Å². The lowest BCUT2D eigenvalue weighted by Crippen LogP contribution is -2.39. The maximum absolute atomic E-state index is 13.9. The summed E-state index contributed by atoms with van der Waals surface area (Å²) in [5.74, 6) is 0.313. The molecule has 2 aromatic carbocycles. The molecule has 0 radical (unpaired) electrons. The van der Waals surface area contributed by atoms with E-state index in [0.717, 1.165) is 0 Å². The maximum atomic E-state index is 13.9. The van der Waals surface area contributed by atoms with Gasteiger partial charge in [0.2, 0.25) is 5.91 Å². The molecule has 7 nitrogen and oxygen atoms in total. The summed E-state index contributed by atoms with van der Waals surface area (Å²) >= 11 is 5.97. The number of carbonyl (C=O) groups is 2. The number of oxazole rings is 1. The van der Waals surface area contributed by atoms with Crippen LogP contribution < -0.4 is 5.32 Å². The molecule has 4 rings (SSSR count). The number of hydrogen-bond donors (Lipinski definition) is 1. The van der Waals surface area contributed by atoms with Crippen LogP contribution in [0.1, 0.15) is 18.7 Å². The van der Waals surface area contributed by atoms with Crippen LogP contribution in [0, 0.1) is 5.82 Å². The Morgan fingerprint density at radius 1 is 1.06 bits per heavy atom. The second-order valence-corrected chi connectivity index (χ2v) is 8.20. The summed E-state index contributed by atoms with van der Waals surface area (Å²) in [7, 11) is 0. The van der Waals surface area contributed by atoms with Crippen molar-refractivity contribution in [2.75, 3.05) is 31.5 Å². The molecule has 33 heavy (non-hydrogen) atoms. The van der Waals surface area contributed by atoms with E-state index in [1.165, 1.54) is 12.3 Å². The Morgan fingerprint density at radius 2 is 1.85 bits per heavy atom. The van der Waals surface area contributed by atoms with Crippen LogP contribution in [0.2, 0.25) is 5.02 Å². The monoisotopic (exact) mass is 470 g/mol. The molecule has 1 aliphatic rings. The molecule has 1 saturated heterocycles. The Bertz CT molecular complexity index is 1140. The lowest BCUT2D eigenvalue weighted by molar-refractivity contribution is -0.131. The van der Waals surface area contributed by atoms with Gasteiger partial charge in [-0.3, -0.25) is 4.79 Å². The van der Waals surface area contributed by atoms with Crippen molar-refractivity contribution in [1.29, 1.82) is 0 Å². The van der Waals surface area contributed by atoms with Crippen LogP contribution in [0.4, 0.5) is 14.9 Å². The second kappa shape index (κ2) is 10.5. The van der Waals surface area contributed by atoms with Crippen molar-refractivity contribution in [1.82, 2.24) is 14.8 Å². The number of rotatable bonds is 5. The molecule has 0 saturated carbocycles. The molecule has 0 aliphatic carbocycles. The molecule has 3 aromatic rings. The minimum absolute atomic E-state index is 0.0299. The third-order valence-corrected chi connectivity index (χ3v) is 5.69. The van der Waals surface area contributed by atoms with Gasteiger partial charge in [-0.05, 0) is 36.8 Å². The molecule has 2 heterocycles. The van der Waals surface area contributed by atoms with Crippen molar-refractivity contribution in [3.05, 3.63) is 71.5 Å². The van der Waals surface area contributed by atoms with E-state index in [9.17, 15) is 14.0 Å². The number of anilines is 1. The van der Waals surface area contributed by atoms with Crippen LogP contribution in [-0.2, 0) is 11.2 Å². The van der Waals surface area contributed by atoms with Gasteiger partial charge in [-0.2, -0.15) is 0 Å². The number of urea groups is 1. The normalized spacial score (nSPS) is 14.1. The Morgan fingerprint density at radius 3 is 2.67 bits per heavy atom. The molecule has 3 amide bonds. The fourth-order valence-corrected chi connectivity index (χ4v) is 3.91. The van der Waals surface area contributed by atoms with Crippen LogP contribution in [-0.4, -0.2) is 52.9 Å². The topological polar surface area (TPSA) is 78.7 Å². The van der Waals surface area contributed by atoms with Crippen molar-refractivity contribution in [3.8, 4) is 11.3 Å². The van der Waals surface area contributed by atoms with Crippen molar-refractivity contribution in [2.45, 2.75) is 19.3 Å². The number of benzene rings is 2. The number of aryl methyl sites for hydroxylation is 1. The van der Waals surface area contributed by atoms with E-state index in [1.54, 1.807) is 52.3 Å². The highest BCUT2D eigenvalue weighted by atomic mass is 35.5. The zero-order valence-corrected chi connectivity index (χ0v) is 18.7. The summed E-state index contributed by atoms with van der Waals surface area (Å²) < 4.78 is 19.6. The Labute approximate surface area is 196 Å². The highest BCUT2D eigenvalue weighted by Gasteiger charge is 2.22. The Hall–Kier alpha value is -3.39. The summed E-state index contributed by atoms with van der Waals surface area (Å²) in [6.45, 7) is 2.02. The summed E-state index contributed by atoms with van der Waals surface area (Å²) in [6, 6.07) is 13.1. The molecular weight excluding hydrogens is 447 g/mol. The molecule has 0 spiro atoms. The van der Waals surface area contributed by atoms with Crippen LogP contribution in [0.25, 0.3) is 11.3 Å². The van der Waals surface area contributed by atoms with Crippen molar-refractivity contribution in [3.63, 3.8) is 0 Å². The summed E-state index contributed by atoms with van der Waals surface area (Å²) in [4.78, 5) is 32.9.